The molecule has 0 aromatic heterocycles. The van der Waals surface area contributed by atoms with Crippen molar-refractivity contribution in [3.63, 3.8) is 0 Å². The molecule has 4 nitrogen and oxygen atoms in total. The molecule has 0 spiro atoms. The van der Waals surface area contributed by atoms with Crippen molar-refractivity contribution in [2.24, 2.45) is 0 Å². The fraction of sp³-hybridized carbons (Fsp3) is 0.250. The molecule has 0 bridgehead atoms. The Kier molecular flexibility index (Phi) is 3.94. The Bertz CT molecular complexity index is 421. The highest BCUT2D eigenvalue weighted by Gasteiger charge is 2.09. The first-order valence-corrected chi connectivity index (χ1v) is 5.00. The van der Waals surface area contributed by atoms with E-state index in [2.05, 4.69) is 5.32 Å². The van der Waals surface area contributed by atoms with Gasteiger partial charge >= 0.3 is 0 Å². The lowest BCUT2D eigenvalue weighted by Crippen LogP contribution is -2.24. The Morgan fingerprint density at radius 2 is 2.19 bits per heavy atom. The van der Waals surface area contributed by atoms with Crippen LogP contribution in [0.15, 0.2) is 29.8 Å². The highest BCUT2D eigenvalue weighted by atomic mass is 16.3. The van der Waals surface area contributed by atoms with E-state index >= 15 is 0 Å². The molecule has 0 aliphatic carbocycles. The number of carbonyl (C=O) groups is 1. The van der Waals surface area contributed by atoms with Crippen LogP contribution >= 0.6 is 0 Å². The van der Waals surface area contributed by atoms with Crippen LogP contribution < -0.4 is 11.1 Å². The molecule has 0 saturated carbocycles. The van der Waals surface area contributed by atoms with Gasteiger partial charge in [-0.25, -0.2) is 0 Å². The summed E-state index contributed by atoms with van der Waals surface area (Å²) in [5.74, 6) is -0.257. The minimum Gasteiger partial charge on any atom is -0.508 e. The van der Waals surface area contributed by atoms with Crippen molar-refractivity contribution in [1.82, 2.24) is 5.32 Å². The van der Waals surface area contributed by atoms with Gasteiger partial charge in [0.1, 0.15) is 5.75 Å². The maximum absolute atomic E-state index is 11.7. The highest BCUT2D eigenvalue weighted by Crippen LogP contribution is 2.17. The summed E-state index contributed by atoms with van der Waals surface area (Å²) in [6, 6.07) is 4.31. The number of nitrogen functional groups attached to an aromatic ring is 1. The molecule has 0 radical (unpaired) electrons. The summed E-state index contributed by atoms with van der Waals surface area (Å²) in [5, 5.41) is 11.9. The number of hydrogen-bond donors (Lipinski definition) is 3. The summed E-state index contributed by atoms with van der Waals surface area (Å²) in [6.45, 7) is 4.36. The van der Waals surface area contributed by atoms with E-state index in [1.54, 1.807) is 0 Å². The second-order valence-corrected chi connectivity index (χ2v) is 3.76. The van der Waals surface area contributed by atoms with Crippen LogP contribution in [0.3, 0.4) is 0 Å². The average molecular weight is 220 g/mol. The number of benzene rings is 1. The van der Waals surface area contributed by atoms with Gasteiger partial charge < -0.3 is 16.2 Å². The quantitative estimate of drug-likeness (QED) is 0.412. The lowest BCUT2D eigenvalue weighted by molar-refractivity contribution is 0.0958. The summed E-state index contributed by atoms with van der Waals surface area (Å²) in [5.41, 5.74) is 7.41. The molecule has 4 N–H and O–H groups in total. The predicted molar refractivity (Wildman–Crippen MR) is 64.3 cm³/mol. The number of aromatic hydroxyl groups is 1. The highest BCUT2D eigenvalue weighted by molar-refractivity contribution is 5.99. The molecule has 1 amide bonds. The number of nitrogens with two attached hydrogens (primary N) is 1. The molecule has 16 heavy (non-hydrogen) atoms. The van der Waals surface area contributed by atoms with E-state index in [1.165, 1.54) is 18.2 Å². The number of amides is 1. The zero-order valence-corrected chi connectivity index (χ0v) is 9.45. The molecule has 4 heteroatoms. The van der Waals surface area contributed by atoms with Gasteiger partial charge in [-0.2, -0.15) is 0 Å². The van der Waals surface area contributed by atoms with Crippen LogP contribution in [0.4, 0.5) is 5.69 Å². The number of rotatable bonds is 3. The first-order chi connectivity index (χ1) is 7.50. The largest absolute Gasteiger partial charge is 0.508 e. The summed E-state index contributed by atoms with van der Waals surface area (Å²) < 4.78 is 0. The summed E-state index contributed by atoms with van der Waals surface area (Å²) in [7, 11) is 0. The summed E-state index contributed by atoms with van der Waals surface area (Å²) in [4.78, 5) is 11.7. The van der Waals surface area contributed by atoms with Gasteiger partial charge in [0.15, 0.2) is 0 Å². The third-order valence-corrected chi connectivity index (χ3v) is 2.05. The maximum Gasteiger partial charge on any atom is 0.253 e. The molecule has 1 aromatic rings. The van der Waals surface area contributed by atoms with Crippen LogP contribution in [0.5, 0.6) is 5.75 Å². The minimum absolute atomic E-state index is 0.0292. The fourth-order valence-electron chi connectivity index (χ4n) is 1.18. The number of nitrogens with one attached hydrogen (secondary N) is 1. The first-order valence-electron chi connectivity index (χ1n) is 5.00. The van der Waals surface area contributed by atoms with E-state index in [0.717, 1.165) is 5.57 Å². The number of hydrogen-bond acceptors (Lipinski definition) is 3. The lowest BCUT2D eigenvalue weighted by atomic mass is 10.1. The molecule has 0 aliphatic rings. The third-order valence-electron chi connectivity index (χ3n) is 2.05. The van der Waals surface area contributed by atoms with Crippen molar-refractivity contribution >= 4 is 11.6 Å². The van der Waals surface area contributed by atoms with E-state index < -0.39 is 0 Å². The van der Waals surface area contributed by atoms with E-state index in [1.807, 2.05) is 19.9 Å². The third kappa shape index (κ3) is 3.31. The number of anilines is 1. The summed E-state index contributed by atoms with van der Waals surface area (Å²) in [6.07, 6.45) is 1.90. The molecule has 0 unspecified atom stereocenters. The summed E-state index contributed by atoms with van der Waals surface area (Å²) >= 11 is 0. The topological polar surface area (TPSA) is 75.3 Å². The van der Waals surface area contributed by atoms with E-state index in [-0.39, 0.29) is 11.7 Å². The van der Waals surface area contributed by atoms with E-state index in [4.69, 9.17) is 5.73 Å². The van der Waals surface area contributed by atoms with Crippen LogP contribution in [-0.2, 0) is 0 Å². The van der Waals surface area contributed by atoms with Crippen molar-refractivity contribution in [2.75, 3.05) is 12.3 Å². The molecule has 1 aromatic carbocycles. The number of phenolic OH excluding ortho intramolecular Hbond substituents is 1. The Labute approximate surface area is 94.8 Å². The normalized spacial score (nSPS) is 9.62. The molecule has 0 atom stereocenters. The monoisotopic (exact) mass is 220 g/mol. The number of phenols is 1. The fourth-order valence-corrected chi connectivity index (χ4v) is 1.18. The van der Waals surface area contributed by atoms with Crippen molar-refractivity contribution in [2.45, 2.75) is 13.8 Å². The molecule has 0 saturated heterocycles. The Morgan fingerprint density at radius 3 is 2.81 bits per heavy atom. The average Bonchev–Trinajstić information content (AvgIpc) is 2.21. The zero-order chi connectivity index (χ0) is 12.1. The van der Waals surface area contributed by atoms with Crippen LogP contribution in [0.1, 0.15) is 24.2 Å². The second-order valence-electron chi connectivity index (χ2n) is 3.76. The van der Waals surface area contributed by atoms with E-state index in [0.29, 0.717) is 17.8 Å². The van der Waals surface area contributed by atoms with Crippen molar-refractivity contribution in [3.8, 4) is 5.75 Å². The number of carbonyl (C=O) groups excluding carboxylic acids is 1. The molecular weight excluding hydrogens is 204 g/mol. The zero-order valence-electron chi connectivity index (χ0n) is 9.45. The minimum atomic E-state index is -0.286. The van der Waals surface area contributed by atoms with E-state index in [9.17, 15) is 9.90 Å². The Morgan fingerprint density at radius 1 is 1.50 bits per heavy atom. The van der Waals surface area contributed by atoms with Crippen molar-refractivity contribution in [1.29, 1.82) is 0 Å². The molecule has 0 fully saturated rings. The van der Waals surface area contributed by atoms with Crippen molar-refractivity contribution in [3.05, 3.63) is 35.4 Å². The van der Waals surface area contributed by atoms with Crippen LogP contribution in [0.2, 0.25) is 0 Å². The molecule has 1 rings (SSSR count). The van der Waals surface area contributed by atoms with Gasteiger partial charge in [0, 0.05) is 12.2 Å². The second kappa shape index (κ2) is 5.21. The van der Waals surface area contributed by atoms with Crippen LogP contribution in [-0.4, -0.2) is 17.6 Å². The number of allylic oxidation sites excluding steroid dienone is 1. The van der Waals surface area contributed by atoms with Gasteiger partial charge in [0.05, 0.1) is 5.56 Å². The molecular formula is C12H16N2O2. The Balaban J connectivity index is 2.73. The van der Waals surface area contributed by atoms with Crippen LogP contribution in [0, 0.1) is 0 Å². The molecule has 0 aliphatic heterocycles. The SMILES string of the molecule is CC(C)=CCNC(=O)c1cc(O)ccc1N. The Hall–Kier alpha value is -1.97. The molecule has 86 valence electrons. The standard InChI is InChI=1S/C12H16N2O2/c1-8(2)5-6-14-12(16)10-7-9(15)3-4-11(10)13/h3-5,7,15H,6,13H2,1-2H3,(H,14,16). The van der Waals surface area contributed by atoms with Gasteiger partial charge in [-0.1, -0.05) is 11.6 Å². The first kappa shape index (κ1) is 12.1. The van der Waals surface area contributed by atoms with Crippen LogP contribution in [0.25, 0.3) is 0 Å². The van der Waals surface area contributed by atoms with Crippen molar-refractivity contribution < 1.29 is 9.90 Å². The van der Waals surface area contributed by atoms with Gasteiger partial charge in [0.2, 0.25) is 0 Å². The lowest BCUT2D eigenvalue weighted by Gasteiger charge is -2.06. The smallest absolute Gasteiger partial charge is 0.253 e. The van der Waals surface area contributed by atoms with Gasteiger partial charge in [0.25, 0.3) is 5.91 Å². The predicted octanol–water partition coefficient (Wildman–Crippen LogP) is 1.67. The maximum atomic E-state index is 11.7. The van der Waals surface area contributed by atoms with Gasteiger partial charge in [-0.05, 0) is 32.0 Å². The van der Waals surface area contributed by atoms with Gasteiger partial charge in [-0.3, -0.25) is 4.79 Å². The molecule has 0 heterocycles. The van der Waals surface area contributed by atoms with Gasteiger partial charge in [-0.15, -0.1) is 0 Å².